The van der Waals surface area contributed by atoms with Crippen LogP contribution in [0.4, 0.5) is 4.39 Å². The van der Waals surface area contributed by atoms with Crippen molar-refractivity contribution in [2.75, 3.05) is 6.61 Å². The summed E-state index contributed by atoms with van der Waals surface area (Å²) in [5.74, 6) is -0.975. The number of aliphatic carboxylic acids is 1. The van der Waals surface area contributed by atoms with Crippen LogP contribution in [0.5, 0.6) is 5.75 Å². The summed E-state index contributed by atoms with van der Waals surface area (Å²) in [5.41, 5.74) is 1.11. The lowest BCUT2D eigenvalue weighted by Gasteiger charge is -2.07. The smallest absolute Gasteiger partial charge is 0.341 e. The Bertz CT molecular complexity index is 566. The zero-order chi connectivity index (χ0) is 13.0. The molecule has 3 nitrogen and oxygen atoms in total. The van der Waals surface area contributed by atoms with E-state index in [0.29, 0.717) is 16.9 Å². The minimum Gasteiger partial charge on any atom is -0.482 e. The lowest BCUT2D eigenvalue weighted by atomic mass is 10.1. The second-order valence-corrected chi connectivity index (χ2v) is 3.69. The van der Waals surface area contributed by atoms with Crippen LogP contribution in [0, 0.1) is 5.82 Å². The van der Waals surface area contributed by atoms with Gasteiger partial charge in [0.15, 0.2) is 6.61 Å². The van der Waals surface area contributed by atoms with Gasteiger partial charge in [-0.25, -0.2) is 9.18 Å². The first-order valence-corrected chi connectivity index (χ1v) is 5.36. The maximum atomic E-state index is 13.6. The number of ether oxygens (including phenoxy) is 1. The molecule has 2 rings (SSSR count). The summed E-state index contributed by atoms with van der Waals surface area (Å²) in [6.45, 7) is -0.416. The summed E-state index contributed by atoms with van der Waals surface area (Å²) in [4.78, 5) is 10.4. The van der Waals surface area contributed by atoms with Crippen molar-refractivity contribution in [2.45, 2.75) is 0 Å². The standard InChI is InChI=1S/C14H11FO3/c15-13-7-2-1-6-12(13)10-4-3-5-11(8-10)18-9-14(16)17/h1-8H,9H2,(H,16,17). The van der Waals surface area contributed by atoms with E-state index in [1.165, 1.54) is 6.07 Å². The molecule has 0 unspecified atom stereocenters. The normalized spacial score (nSPS) is 10.1. The van der Waals surface area contributed by atoms with Crippen molar-refractivity contribution in [2.24, 2.45) is 0 Å². The fourth-order valence-electron chi connectivity index (χ4n) is 1.59. The van der Waals surface area contributed by atoms with Gasteiger partial charge < -0.3 is 9.84 Å². The molecule has 0 heterocycles. The van der Waals surface area contributed by atoms with Crippen LogP contribution in [-0.4, -0.2) is 17.7 Å². The number of rotatable bonds is 4. The lowest BCUT2D eigenvalue weighted by Crippen LogP contribution is -2.09. The van der Waals surface area contributed by atoms with Gasteiger partial charge in [-0.3, -0.25) is 0 Å². The molecule has 0 atom stereocenters. The van der Waals surface area contributed by atoms with Gasteiger partial charge in [-0.2, -0.15) is 0 Å². The number of carboxylic acids is 1. The van der Waals surface area contributed by atoms with E-state index in [0.717, 1.165) is 0 Å². The van der Waals surface area contributed by atoms with E-state index >= 15 is 0 Å². The highest BCUT2D eigenvalue weighted by Gasteiger charge is 2.05. The molecule has 0 amide bonds. The first-order chi connectivity index (χ1) is 8.66. The van der Waals surface area contributed by atoms with Crippen molar-refractivity contribution in [1.82, 2.24) is 0 Å². The van der Waals surface area contributed by atoms with E-state index in [2.05, 4.69) is 0 Å². The predicted molar refractivity (Wildman–Crippen MR) is 65.0 cm³/mol. The number of benzene rings is 2. The third-order valence-electron chi connectivity index (χ3n) is 2.38. The van der Waals surface area contributed by atoms with Crippen LogP contribution in [-0.2, 0) is 4.79 Å². The summed E-state index contributed by atoms with van der Waals surface area (Å²) in [7, 11) is 0. The molecule has 0 aliphatic carbocycles. The van der Waals surface area contributed by atoms with Crippen molar-refractivity contribution in [3.8, 4) is 16.9 Å². The second kappa shape index (κ2) is 5.31. The van der Waals surface area contributed by atoms with Crippen LogP contribution in [0.25, 0.3) is 11.1 Å². The summed E-state index contributed by atoms with van der Waals surface area (Å²) >= 11 is 0. The molecule has 0 aliphatic heterocycles. The Morgan fingerprint density at radius 3 is 2.67 bits per heavy atom. The monoisotopic (exact) mass is 246 g/mol. The van der Waals surface area contributed by atoms with E-state index in [4.69, 9.17) is 9.84 Å². The van der Waals surface area contributed by atoms with E-state index in [1.807, 2.05) is 0 Å². The van der Waals surface area contributed by atoms with Gasteiger partial charge in [0.25, 0.3) is 0 Å². The summed E-state index contributed by atoms with van der Waals surface area (Å²) in [5, 5.41) is 8.52. The molecular formula is C14H11FO3. The van der Waals surface area contributed by atoms with Gasteiger partial charge in [-0.05, 0) is 23.8 Å². The third-order valence-corrected chi connectivity index (χ3v) is 2.38. The molecule has 1 N–H and O–H groups in total. The van der Waals surface area contributed by atoms with Crippen LogP contribution in [0.1, 0.15) is 0 Å². The molecule has 0 radical (unpaired) electrons. The highest BCUT2D eigenvalue weighted by molar-refractivity contribution is 5.69. The van der Waals surface area contributed by atoms with Crippen molar-refractivity contribution in [3.05, 3.63) is 54.3 Å². The molecule has 0 fully saturated rings. The molecule has 18 heavy (non-hydrogen) atoms. The van der Waals surface area contributed by atoms with E-state index in [-0.39, 0.29) is 5.82 Å². The predicted octanol–water partition coefficient (Wildman–Crippen LogP) is 2.96. The fourth-order valence-corrected chi connectivity index (χ4v) is 1.59. The van der Waals surface area contributed by atoms with E-state index in [9.17, 15) is 9.18 Å². The third kappa shape index (κ3) is 2.85. The fraction of sp³-hybridized carbons (Fsp3) is 0.0714. The van der Waals surface area contributed by atoms with Gasteiger partial charge in [0.2, 0.25) is 0 Å². The average Bonchev–Trinajstić information content (AvgIpc) is 2.37. The lowest BCUT2D eigenvalue weighted by molar-refractivity contribution is -0.139. The largest absolute Gasteiger partial charge is 0.482 e. The molecule has 0 spiro atoms. The van der Waals surface area contributed by atoms with Crippen LogP contribution in [0.2, 0.25) is 0 Å². The summed E-state index contributed by atoms with van der Waals surface area (Å²) in [6.07, 6.45) is 0. The van der Waals surface area contributed by atoms with Crippen molar-refractivity contribution in [1.29, 1.82) is 0 Å². The zero-order valence-electron chi connectivity index (χ0n) is 9.47. The Kier molecular flexibility index (Phi) is 3.57. The Balaban J connectivity index is 2.27. The highest BCUT2D eigenvalue weighted by Crippen LogP contribution is 2.25. The Morgan fingerprint density at radius 1 is 1.17 bits per heavy atom. The quantitative estimate of drug-likeness (QED) is 0.902. The molecule has 4 heteroatoms. The van der Waals surface area contributed by atoms with Crippen LogP contribution in [0.3, 0.4) is 0 Å². The minimum atomic E-state index is -1.05. The Morgan fingerprint density at radius 2 is 1.94 bits per heavy atom. The topological polar surface area (TPSA) is 46.5 Å². The number of carbonyl (C=O) groups is 1. The first kappa shape index (κ1) is 12.1. The average molecular weight is 246 g/mol. The van der Waals surface area contributed by atoms with Gasteiger partial charge in [0.05, 0.1) is 0 Å². The Hall–Kier alpha value is -2.36. The number of carboxylic acid groups (broad SMARTS) is 1. The van der Waals surface area contributed by atoms with Gasteiger partial charge in [0.1, 0.15) is 11.6 Å². The van der Waals surface area contributed by atoms with E-state index < -0.39 is 12.6 Å². The molecule has 2 aromatic carbocycles. The highest BCUT2D eigenvalue weighted by atomic mass is 19.1. The zero-order valence-corrected chi connectivity index (χ0v) is 9.47. The molecule has 2 aromatic rings. The molecule has 92 valence electrons. The maximum absolute atomic E-state index is 13.6. The van der Waals surface area contributed by atoms with E-state index in [1.54, 1.807) is 42.5 Å². The van der Waals surface area contributed by atoms with Crippen LogP contribution < -0.4 is 4.74 Å². The second-order valence-electron chi connectivity index (χ2n) is 3.69. The molecule has 0 bridgehead atoms. The summed E-state index contributed by atoms with van der Waals surface area (Å²) in [6, 6.07) is 13.1. The van der Waals surface area contributed by atoms with Crippen molar-refractivity contribution < 1.29 is 19.0 Å². The summed E-state index contributed by atoms with van der Waals surface area (Å²) < 4.78 is 18.6. The Labute approximate surface area is 103 Å². The molecule has 0 saturated carbocycles. The van der Waals surface area contributed by atoms with Crippen molar-refractivity contribution in [3.63, 3.8) is 0 Å². The molecule has 0 saturated heterocycles. The minimum absolute atomic E-state index is 0.326. The van der Waals surface area contributed by atoms with Gasteiger partial charge in [-0.1, -0.05) is 30.3 Å². The van der Waals surface area contributed by atoms with Crippen molar-refractivity contribution >= 4 is 5.97 Å². The number of hydrogen-bond donors (Lipinski definition) is 1. The number of hydrogen-bond acceptors (Lipinski definition) is 2. The van der Waals surface area contributed by atoms with Gasteiger partial charge in [-0.15, -0.1) is 0 Å². The molecular weight excluding hydrogens is 235 g/mol. The van der Waals surface area contributed by atoms with Gasteiger partial charge in [0, 0.05) is 5.56 Å². The van der Waals surface area contributed by atoms with Crippen LogP contribution in [0.15, 0.2) is 48.5 Å². The maximum Gasteiger partial charge on any atom is 0.341 e. The van der Waals surface area contributed by atoms with Crippen LogP contribution >= 0.6 is 0 Å². The molecule has 0 aliphatic rings. The first-order valence-electron chi connectivity index (χ1n) is 5.36. The molecule has 0 aromatic heterocycles. The number of halogens is 1. The van der Waals surface area contributed by atoms with Gasteiger partial charge >= 0.3 is 5.97 Å². The SMILES string of the molecule is O=C(O)COc1cccc(-c2ccccc2F)c1.